The van der Waals surface area contributed by atoms with Gasteiger partial charge in [0.1, 0.15) is 5.69 Å². The number of nitrogens with one attached hydrogen (secondary N) is 1. The molecule has 2 aromatic rings. The topological polar surface area (TPSA) is 80.5 Å². The number of ether oxygens (including phenoxy) is 1. The van der Waals surface area contributed by atoms with Crippen molar-refractivity contribution in [3.63, 3.8) is 0 Å². The molecule has 1 amide bonds. The number of nitrogens with two attached hydrogens (primary N) is 1. The normalized spacial score (nSPS) is 10.0. The minimum absolute atomic E-state index is 0.267. The van der Waals surface area contributed by atoms with Gasteiger partial charge in [-0.1, -0.05) is 6.07 Å². The molecule has 110 valence electrons. The molecule has 0 saturated carbocycles. The fraction of sp³-hybridized carbons (Fsp3) is 0.200. The third-order valence-electron chi connectivity index (χ3n) is 2.96. The van der Waals surface area contributed by atoms with Gasteiger partial charge < -0.3 is 20.7 Å². The summed E-state index contributed by atoms with van der Waals surface area (Å²) in [6.45, 7) is 0. The summed E-state index contributed by atoms with van der Waals surface area (Å²) in [5, 5.41) is 2.83. The third kappa shape index (κ3) is 3.22. The van der Waals surface area contributed by atoms with E-state index in [-0.39, 0.29) is 5.91 Å². The van der Waals surface area contributed by atoms with E-state index in [2.05, 4.69) is 10.3 Å². The highest BCUT2D eigenvalue weighted by Gasteiger charge is 2.16. The van der Waals surface area contributed by atoms with E-state index < -0.39 is 0 Å². The lowest BCUT2D eigenvalue weighted by Crippen LogP contribution is -2.18. The Hall–Kier alpha value is -2.76. The van der Waals surface area contributed by atoms with Crippen LogP contribution in [0.2, 0.25) is 0 Å². The van der Waals surface area contributed by atoms with Crippen molar-refractivity contribution >= 4 is 23.0 Å². The minimum atomic E-state index is -0.267. The zero-order valence-electron chi connectivity index (χ0n) is 12.3. The van der Waals surface area contributed by atoms with Crippen molar-refractivity contribution in [2.24, 2.45) is 0 Å². The van der Waals surface area contributed by atoms with Gasteiger partial charge in [0.05, 0.1) is 12.8 Å². The largest absolute Gasteiger partial charge is 0.479 e. The highest BCUT2D eigenvalue weighted by atomic mass is 16.5. The Morgan fingerprint density at radius 3 is 2.71 bits per heavy atom. The Morgan fingerprint density at radius 1 is 1.33 bits per heavy atom. The van der Waals surface area contributed by atoms with E-state index in [0.29, 0.717) is 22.8 Å². The van der Waals surface area contributed by atoms with Gasteiger partial charge in [0.2, 0.25) is 5.88 Å². The summed E-state index contributed by atoms with van der Waals surface area (Å²) in [5.74, 6) is 0.0927. The number of nitrogens with zero attached hydrogens (tertiary/aromatic N) is 2. The predicted octanol–water partition coefficient (Wildman–Crippen LogP) is 1.99. The summed E-state index contributed by atoms with van der Waals surface area (Å²) in [5.41, 5.74) is 8.04. The fourth-order valence-electron chi connectivity index (χ4n) is 1.94. The number of methoxy groups -OCH3 is 1. The molecular weight excluding hydrogens is 268 g/mol. The van der Waals surface area contributed by atoms with Crippen molar-refractivity contribution in [1.82, 2.24) is 4.98 Å². The summed E-state index contributed by atoms with van der Waals surface area (Å²) in [6.07, 6.45) is 1.63. The maximum atomic E-state index is 12.3. The Labute approximate surface area is 123 Å². The standard InChI is InChI=1S/C15H18N4O2/c1-19(2)12-7-8-17-15(21-3)13(12)18-14(20)10-5-4-6-11(16)9-10/h4-9H,16H2,1-3H3,(H,18,20). The van der Waals surface area contributed by atoms with E-state index in [1.165, 1.54) is 7.11 Å². The lowest BCUT2D eigenvalue weighted by Gasteiger charge is -2.19. The second kappa shape index (κ2) is 6.13. The summed E-state index contributed by atoms with van der Waals surface area (Å²) in [7, 11) is 5.27. The van der Waals surface area contributed by atoms with Crippen molar-refractivity contribution in [3.05, 3.63) is 42.1 Å². The number of rotatable bonds is 4. The fourth-order valence-corrected chi connectivity index (χ4v) is 1.94. The molecule has 0 bridgehead atoms. The van der Waals surface area contributed by atoms with Crippen LogP contribution in [-0.4, -0.2) is 32.1 Å². The zero-order chi connectivity index (χ0) is 15.4. The van der Waals surface area contributed by atoms with Crippen LogP contribution in [-0.2, 0) is 0 Å². The average Bonchev–Trinajstić information content (AvgIpc) is 2.47. The molecule has 0 unspecified atom stereocenters. The van der Waals surface area contributed by atoms with Crippen LogP contribution < -0.4 is 20.7 Å². The molecule has 1 aromatic heterocycles. The second-order valence-corrected chi connectivity index (χ2v) is 4.69. The van der Waals surface area contributed by atoms with Crippen molar-refractivity contribution in [2.75, 3.05) is 37.2 Å². The molecule has 0 saturated heterocycles. The number of carbonyl (C=O) groups excluding carboxylic acids is 1. The van der Waals surface area contributed by atoms with Crippen molar-refractivity contribution < 1.29 is 9.53 Å². The van der Waals surface area contributed by atoms with Gasteiger partial charge in [-0.2, -0.15) is 0 Å². The maximum absolute atomic E-state index is 12.3. The number of anilines is 3. The molecule has 0 atom stereocenters. The molecule has 21 heavy (non-hydrogen) atoms. The van der Waals surface area contributed by atoms with Gasteiger partial charge in [0.15, 0.2) is 0 Å². The summed E-state index contributed by atoms with van der Waals surface area (Å²) in [4.78, 5) is 18.3. The Balaban J connectivity index is 2.36. The molecule has 1 aromatic carbocycles. The summed E-state index contributed by atoms with van der Waals surface area (Å²) >= 11 is 0. The molecule has 3 N–H and O–H groups in total. The van der Waals surface area contributed by atoms with Crippen LogP contribution in [0.4, 0.5) is 17.1 Å². The highest BCUT2D eigenvalue weighted by Crippen LogP contribution is 2.32. The first kappa shape index (κ1) is 14.6. The third-order valence-corrected chi connectivity index (χ3v) is 2.96. The van der Waals surface area contributed by atoms with Crippen LogP contribution in [0.5, 0.6) is 5.88 Å². The molecule has 0 aliphatic carbocycles. The van der Waals surface area contributed by atoms with E-state index in [4.69, 9.17) is 10.5 Å². The van der Waals surface area contributed by atoms with Gasteiger partial charge in [-0.25, -0.2) is 4.98 Å². The van der Waals surface area contributed by atoms with Gasteiger partial charge in [0.25, 0.3) is 5.91 Å². The highest BCUT2D eigenvalue weighted by molar-refractivity contribution is 6.07. The number of hydrogen-bond donors (Lipinski definition) is 2. The molecule has 2 rings (SSSR count). The summed E-state index contributed by atoms with van der Waals surface area (Å²) < 4.78 is 5.22. The zero-order valence-corrected chi connectivity index (χ0v) is 12.3. The Morgan fingerprint density at radius 2 is 2.10 bits per heavy atom. The van der Waals surface area contributed by atoms with Gasteiger partial charge in [-0.15, -0.1) is 0 Å². The van der Waals surface area contributed by atoms with Crippen LogP contribution in [0.1, 0.15) is 10.4 Å². The van der Waals surface area contributed by atoms with Crippen LogP contribution in [0.25, 0.3) is 0 Å². The van der Waals surface area contributed by atoms with Gasteiger partial charge in [-0.3, -0.25) is 4.79 Å². The number of aromatic nitrogens is 1. The number of pyridine rings is 1. The van der Waals surface area contributed by atoms with E-state index in [0.717, 1.165) is 5.69 Å². The monoisotopic (exact) mass is 286 g/mol. The molecule has 0 aliphatic heterocycles. The van der Waals surface area contributed by atoms with Gasteiger partial charge >= 0.3 is 0 Å². The summed E-state index contributed by atoms with van der Waals surface area (Å²) in [6, 6.07) is 8.58. The number of hydrogen-bond acceptors (Lipinski definition) is 5. The van der Waals surface area contributed by atoms with Crippen molar-refractivity contribution in [1.29, 1.82) is 0 Å². The van der Waals surface area contributed by atoms with Crippen LogP contribution in [0.3, 0.4) is 0 Å². The van der Waals surface area contributed by atoms with Crippen molar-refractivity contribution in [2.45, 2.75) is 0 Å². The van der Waals surface area contributed by atoms with E-state index in [1.807, 2.05) is 19.0 Å². The Kier molecular flexibility index (Phi) is 4.27. The first-order chi connectivity index (χ1) is 10.0. The molecule has 0 radical (unpaired) electrons. The quantitative estimate of drug-likeness (QED) is 0.840. The number of carbonyl (C=O) groups is 1. The minimum Gasteiger partial charge on any atom is -0.479 e. The van der Waals surface area contributed by atoms with Crippen molar-refractivity contribution in [3.8, 4) is 5.88 Å². The maximum Gasteiger partial charge on any atom is 0.255 e. The first-order valence-corrected chi connectivity index (χ1v) is 6.40. The van der Waals surface area contributed by atoms with E-state index in [9.17, 15) is 4.79 Å². The van der Waals surface area contributed by atoms with Gasteiger partial charge in [-0.05, 0) is 24.3 Å². The second-order valence-electron chi connectivity index (χ2n) is 4.69. The molecule has 0 aliphatic rings. The van der Waals surface area contributed by atoms with Gasteiger partial charge in [0, 0.05) is 31.5 Å². The van der Waals surface area contributed by atoms with Crippen LogP contribution in [0, 0.1) is 0 Å². The lowest BCUT2D eigenvalue weighted by molar-refractivity contribution is 0.102. The molecule has 0 fully saturated rings. The predicted molar refractivity (Wildman–Crippen MR) is 83.9 cm³/mol. The lowest BCUT2D eigenvalue weighted by atomic mass is 10.2. The molecule has 1 heterocycles. The van der Waals surface area contributed by atoms with Crippen LogP contribution >= 0.6 is 0 Å². The first-order valence-electron chi connectivity index (χ1n) is 6.40. The molecule has 6 nitrogen and oxygen atoms in total. The Bertz CT molecular complexity index is 656. The van der Waals surface area contributed by atoms with Crippen LogP contribution in [0.15, 0.2) is 36.5 Å². The smallest absolute Gasteiger partial charge is 0.255 e. The molecular formula is C15H18N4O2. The molecule has 0 spiro atoms. The molecule has 6 heteroatoms. The van der Waals surface area contributed by atoms with E-state index in [1.54, 1.807) is 36.5 Å². The van der Waals surface area contributed by atoms with E-state index >= 15 is 0 Å². The average molecular weight is 286 g/mol. The number of amides is 1. The SMILES string of the molecule is COc1nccc(N(C)C)c1NC(=O)c1cccc(N)c1. The number of benzene rings is 1. The number of nitrogen functional groups attached to an aromatic ring is 1.